The minimum absolute atomic E-state index is 0.468. The molecular formula is C22H28N4O. The number of likely N-dealkylation sites (tertiary alicyclic amines) is 1. The third-order valence-corrected chi connectivity index (χ3v) is 7.06. The molecule has 3 heterocycles. The molecule has 5 heteroatoms. The van der Waals surface area contributed by atoms with Gasteiger partial charge in [0.2, 0.25) is 0 Å². The third-order valence-electron chi connectivity index (χ3n) is 7.06. The summed E-state index contributed by atoms with van der Waals surface area (Å²) in [5.74, 6) is 0.977. The normalized spacial score (nSPS) is 25.6. The van der Waals surface area contributed by atoms with E-state index in [4.69, 9.17) is 0 Å². The third kappa shape index (κ3) is 3.18. The molecule has 1 spiro atoms. The van der Waals surface area contributed by atoms with Crippen LogP contribution in [-0.4, -0.2) is 52.2 Å². The molecule has 0 amide bonds. The maximum absolute atomic E-state index is 10.1. The van der Waals surface area contributed by atoms with Crippen molar-refractivity contribution >= 4 is 5.69 Å². The first-order valence-corrected chi connectivity index (χ1v) is 10.2. The number of phenols is 1. The first-order chi connectivity index (χ1) is 13.2. The van der Waals surface area contributed by atoms with Crippen LogP contribution in [0, 0.1) is 5.41 Å². The molecule has 3 aliphatic rings. The van der Waals surface area contributed by atoms with Gasteiger partial charge in [-0.3, -0.25) is 0 Å². The van der Waals surface area contributed by atoms with Crippen molar-refractivity contribution in [2.75, 3.05) is 31.1 Å². The van der Waals surface area contributed by atoms with Gasteiger partial charge < -0.3 is 14.9 Å². The number of benzene rings is 1. The Bertz CT molecular complexity index is 782. The van der Waals surface area contributed by atoms with E-state index in [1.165, 1.54) is 19.3 Å². The summed E-state index contributed by atoms with van der Waals surface area (Å²) in [5.41, 5.74) is 2.81. The first-order valence-electron chi connectivity index (χ1n) is 10.2. The molecule has 5 rings (SSSR count). The second-order valence-electron chi connectivity index (χ2n) is 8.72. The highest BCUT2D eigenvalue weighted by Gasteiger charge is 2.49. The second kappa shape index (κ2) is 6.79. The van der Waals surface area contributed by atoms with Crippen molar-refractivity contribution < 1.29 is 5.11 Å². The molecule has 2 aliphatic heterocycles. The molecule has 1 saturated carbocycles. The lowest BCUT2D eigenvalue weighted by Gasteiger charge is -2.50. The fourth-order valence-corrected chi connectivity index (χ4v) is 5.58. The van der Waals surface area contributed by atoms with Crippen LogP contribution < -0.4 is 4.90 Å². The van der Waals surface area contributed by atoms with Crippen molar-refractivity contribution in [1.29, 1.82) is 0 Å². The molecule has 1 aliphatic carbocycles. The number of nitrogens with zero attached hydrogens (tertiary/aromatic N) is 4. The molecule has 0 bridgehead atoms. The summed E-state index contributed by atoms with van der Waals surface area (Å²) >= 11 is 0. The van der Waals surface area contributed by atoms with Gasteiger partial charge in [0.15, 0.2) is 0 Å². The van der Waals surface area contributed by atoms with Crippen LogP contribution in [0.2, 0.25) is 0 Å². The fraction of sp³-hybridized carbons (Fsp3) is 0.545. The molecule has 1 aromatic heterocycles. The van der Waals surface area contributed by atoms with Gasteiger partial charge in [-0.2, -0.15) is 0 Å². The van der Waals surface area contributed by atoms with Crippen molar-refractivity contribution in [1.82, 2.24) is 14.9 Å². The fourth-order valence-electron chi connectivity index (χ4n) is 5.58. The van der Waals surface area contributed by atoms with Crippen molar-refractivity contribution in [3.8, 4) is 5.75 Å². The Labute approximate surface area is 161 Å². The van der Waals surface area contributed by atoms with Crippen LogP contribution in [0.3, 0.4) is 0 Å². The van der Waals surface area contributed by atoms with Crippen LogP contribution in [0.5, 0.6) is 5.75 Å². The summed E-state index contributed by atoms with van der Waals surface area (Å²) in [5, 5.41) is 10.1. The van der Waals surface area contributed by atoms with E-state index in [1.54, 1.807) is 6.33 Å². The minimum Gasteiger partial charge on any atom is -0.508 e. The summed E-state index contributed by atoms with van der Waals surface area (Å²) in [4.78, 5) is 13.4. The molecule has 27 heavy (non-hydrogen) atoms. The van der Waals surface area contributed by atoms with Crippen LogP contribution >= 0.6 is 0 Å². The summed E-state index contributed by atoms with van der Waals surface area (Å²) in [6.45, 7) is 4.64. The van der Waals surface area contributed by atoms with E-state index in [9.17, 15) is 5.11 Å². The zero-order valence-corrected chi connectivity index (χ0v) is 15.8. The van der Waals surface area contributed by atoms with Gasteiger partial charge >= 0.3 is 0 Å². The number of aromatic nitrogens is 2. The van der Waals surface area contributed by atoms with Crippen LogP contribution in [0.15, 0.2) is 43.0 Å². The number of phenolic OH excluding ortho intramolecular Hbond substituents is 1. The molecule has 1 atom stereocenters. The molecular weight excluding hydrogens is 336 g/mol. The lowest BCUT2D eigenvalue weighted by molar-refractivity contribution is 0.131. The Kier molecular flexibility index (Phi) is 4.27. The SMILES string of the molecule is Oc1ccccc1C1CCN([C@@H]2CCC3(C2)CN(c2cncnc2)C3)CC1. The zero-order valence-electron chi connectivity index (χ0n) is 15.8. The number of rotatable bonds is 3. The van der Waals surface area contributed by atoms with Crippen molar-refractivity contribution in [3.63, 3.8) is 0 Å². The van der Waals surface area contributed by atoms with Crippen LogP contribution in [0.1, 0.15) is 43.6 Å². The lowest BCUT2D eigenvalue weighted by atomic mass is 9.77. The number of piperidine rings is 1. The van der Waals surface area contributed by atoms with Gasteiger partial charge in [0.05, 0.1) is 18.1 Å². The molecule has 2 aromatic rings. The van der Waals surface area contributed by atoms with Crippen molar-refractivity contribution in [3.05, 3.63) is 48.5 Å². The van der Waals surface area contributed by atoms with Gasteiger partial charge in [-0.05, 0) is 62.7 Å². The van der Waals surface area contributed by atoms with Crippen molar-refractivity contribution in [2.45, 2.75) is 44.1 Å². The predicted molar refractivity (Wildman–Crippen MR) is 106 cm³/mol. The topological polar surface area (TPSA) is 52.5 Å². The van der Waals surface area contributed by atoms with Crippen LogP contribution in [0.25, 0.3) is 0 Å². The molecule has 0 radical (unpaired) electrons. The van der Waals surface area contributed by atoms with Gasteiger partial charge in [-0.25, -0.2) is 9.97 Å². The van der Waals surface area contributed by atoms with E-state index < -0.39 is 0 Å². The predicted octanol–water partition coefficient (Wildman–Crippen LogP) is 3.42. The Morgan fingerprint density at radius 3 is 2.48 bits per heavy atom. The molecule has 1 aromatic carbocycles. The maximum Gasteiger partial charge on any atom is 0.119 e. The van der Waals surface area contributed by atoms with E-state index in [0.29, 0.717) is 17.1 Å². The van der Waals surface area contributed by atoms with E-state index in [-0.39, 0.29) is 0 Å². The average molecular weight is 364 g/mol. The summed E-state index contributed by atoms with van der Waals surface area (Å²) in [7, 11) is 0. The minimum atomic E-state index is 0.468. The largest absolute Gasteiger partial charge is 0.508 e. The standard InChI is InChI=1S/C22H28N4O/c27-21-4-2-1-3-20(21)17-6-9-25(10-7-17)18-5-8-22(11-18)14-26(15-22)19-12-23-16-24-13-19/h1-4,12-13,16-18,27H,5-11,14-15H2/t18-/m1/s1. The average Bonchev–Trinajstić information content (AvgIpc) is 3.14. The van der Waals surface area contributed by atoms with E-state index in [2.05, 4.69) is 25.8 Å². The van der Waals surface area contributed by atoms with Gasteiger partial charge in [0.1, 0.15) is 12.1 Å². The quantitative estimate of drug-likeness (QED) is 0.904. The Balaban J connectivity index is 1.15. The summed E-state index contributed by atoms with van der Waals surface area (Å²) < 4.78 is 0. The number of hydrogen-bond acceptors (Lipinski definition) is 5. The lowest BCUT2D eigenvalue weighted by Crippen LogP contribution is -2.56. The van der Waals surface area contributed by atoms with Gasteiger partial charge in [-0.15, -0.1) is 0 Å². The Morgan fingerprint density at radius 2 is 1.74 bits per heavy atom. The van der Waals surface area contributed by atoms with Gasteiger partial charge in [0, 0.05) is 24.5 Å². The Hall–Kier alpha value is -2.14. The first kappa shape index (κ1) is 17.0. The number of anilines is 1. The molecule has 0 unspecified atom stereocenters. The maximum atomic E-state index is 10.1. The molecule has 2 saturated heterocycles. The zero-order chi connectivity index (χ0) is 18.3. The summed E-state index contributed by atoms with van der Waals surface area (Å²) in [6.07, 6.45) is 11.8. The van der Waals surface area contributed by atoms with E-state index in [1.807, 2.05) is 30.6 Å². The highest BCUT2D eigenvalue weighted by Crippen LogP contribution is 2.49. The monoisotopic (exact) mass is 364 g/mol. The van der Waals surface area contributed by atoms with Gasteiger partial charge in [-0.1, -0.05) is 18.2 Å². The van der Waals surface area contributed by atoms with E-state index >= 15 is 0 Å². The molecule has 3 fully saturated rings. The highest BCUT2D eigenvalue weighted by molar-refractivity contribution is 5.46. The van der Waals surface area contributed by atoms with E-state index in [0.717, 1.165) is 56.3 Å². The number of para-hydroxylation sites is 1. The highest BCUT2D eigenvalue weighted by atomic mass is 16.3. The Morgan fingerprint density at radius 1 is 1.00 bits per heavy atom. The molecule has 5 nitrogen and oxygen atoms in total. The number of aromatic hydroxyl groups is 1. The van der Waals surface area contributed by atoms with Gasteiger partial charge in [0.25, 0.3) is 0 Å². The van der Waals surface area contributed by atoms with Crippen molar-refractivity contribution in [2.24, 2.45) is 5.41 Å². The van der Waals surface area contributed by atoms with Crippen LogP contribution in [0.4, 0.5) is 5.69 Å². The summed E-state index contributed by atoms with van der Waals surface area (Å²) in [6, 6.07) is 8.61. The second-order valence-corrected chi connectivity index (χ2v) is 8.72. The number of hydrogen-bond donors (Lipinski definition) is 1. The van der Waals surface area contributed by atoms with Crippen LogP contribution in [-0.2, 0) is 0 Å². The molecule has 142 valence electrons. The molecule has 1 N–H and O–H groups in total. The smallest absolute Gasteiger partial charge is 0.119 e.